The Morgan fingerprint density at radius 2 is 2.06 bits per heavy atom. The summed E-state index contributed by atoms with van der Waals surface area (Å²) in [7, 11) is 0. The Bertz CT molecular complexity index is 642. The highest BCUT2D eigenvalue weighted by Gasteiger charge is 2.27. The summed E-state index contributed by atoms with van der Waals surface area (Å²) in [6.45, 7) is 3.93. The highest BCUT2D eigenvalue weighted by Crippen LogP contribution is 2.35. The van der Waals surface area contributed by atoms with Gasteiger partial charge in [0.15, 0.2) is 0 Å². The third-order valence-electron chi connectivity index (χ3n) is 2.90. The molecule has 0 radical (unpaired) electrons. The number of ether oxygens (including phenoxy) is 2. The largest absolute Gasteiger partial charge is 0.464 e. The van der Waals surface area contributed by atoms with Gasteiger partial charge < -0.3 is 13.9 Å². The molecule has 0 N–H and O–H groups in total. The first-order valence-electron chi connectivity index (χ1n) is 6.01. The van der Waals surface area contributed by atoms with Gasteiger partial charge in [0.05, 0.1) is 6.10 Å². The van der Waals surface area contributed by atoms with Gasteiger partial charge in [0.1, 0.15) is 11.3 Å². The summed E-state index contributed by atoms with van der Waals surface area (Å²) < 4.78 is 16.6. The SMILES string of the molecule is CC(C)OC1Cc2c(ccc3ccc(=O)oc23)O1. The molecule has 0 fully saturated rings. The van der Waals surface area contributed by atoms with Crippen LogP contribution in [0.2, 0.25) is 0 Å². The van der Waals surface area contributed by atoms with E-state index in [-0.39, 0.29) is 18.0 Å². The van der Waals surface area contributed by atoms with Gasteiger partial charge in [0.25, 0.3) is 0 Å². The molecule has 1 aliphatic rings. The smallest absolute Gasteiger partial charge is 0.336 e. The van der Waals surface area contributed by atoms with Crippen molar-refractivity contribution >= 4 is 11.0 Å². The molecular weight excluding hydrogens is 232 g/mol. The number of fused-ring (bicyclic) bond motifs is 3. The maximum Gasteiger partial charge on any atom is 0.336 e. The molecule has 1 aliphatic heterocycles. The Balaban J connectivity index is 2.05. The summed E-state index contributed by atoms with van der Waals surface area (Å²) in [6.07, 6.45) is 0.413. The van der Waals surface area contributed by atoms with Gasteiger partial charge in [-0.3, -0.25) is 0 Å². The van der Waals surface area contributed by atoms with Crippen molar-refractivity contribution in [3.63, 3.8) is 0 Å². The lowest BCUT2D eigenvalue weighted by Gasteiger charge is -2.14. The molecule has 1 unspecified atom stereocenters. The van der Waals surface area contributed by atoms with Gasteiger partial charge in [0, 0.05) is 23.4 Å². The van der Waals surface area contributed by atoms with Crippen LogP contribution >= 0.6 is 0 Å². The van der Waals surface area contributed by atoms with E-state index in [0.29, 0.717) is 12.0 Å². The van der Waals surface area contributed by atoms with E-state index >= 15 is 0 Å². The zero-order chi connectivity index (χ0) is 12.7. The van der Waals surface area contributed by atoms with Crippen LogP contribution in [0.25, 0.3) is 11.0 Å². The second-order valence-electron chi connectivity index (χ2n) is 4.65. The Hall–Kier alpha value is -1.81. The summed E-state index contributed by atoms with van der Waals surface area (Å²) in [5.74, 6) is 0.738. The van der Waals surface area contributed by atoms with E-state index in [2.05, 4.69) is 0 Å². The molecule has 1 aromatic carbocycles. The number of hydrogen-bond donors (Lipinski definition) is 0. The van der Waals surface area contributed by atoms with Gasteiger partial charge in [-0.2, -0.15) is 0 Å². The Labute approximate surface area is 104 Å². The van der Waals surface area contributed by atoms with Gasteiger partial charge in [-0.15, -0.1) is 0 Å². The van der Waals surface area contributed by atoms with E-state index in [4.69, 9.17) is 13.9 Å². The van der Waals surface area contributed by atoms with Crippen molar-refractivity contribution in [2.75, 3.05) is 0 Å². The zero-order valence-corrected chi connectivity index (χ0v) is 10.3. The molecular formula is C14H14O4. The highest BCUT2D eigenvalue weighted by molar-refractivity contribution is 5.82. The standard InChI is InChI=1S/C14H14O4/c1-8(2)16-13-7-10-11(17-13)5-3-9-4-6-12(15)18-14(9)10/h3-6,8,13H,7H2,1-2H3. The van der Waals surface area contributed by atoms with E-state index in [1.165, 1.54) is 6.07 Å². The van der Waals surface area contributed by atoms with Crippen LogP contribution in [0.4, 0.5) is 0 Å². The van der Waals surface area contributed by atoms with Gasteiger partial charge in [-0.25, -0.2) is 4.79 Å². The molecule has 0 spiro atoms. The van der Waals surface area contributed by atoms with E-state index in [1.54, 1.807) is 6.07 Å². The van der Waals surface area contributed by atoms with Crippen molar-refractivity contribution < 1.29 is 13.9 Å². The van der Waals surface area contributed by atoms with E-state index in [0.717, 1.165) is 16.7 Å². The molecule has 0 saturated carbocycles. The van der Waals surface area contributed by atoms with Crippen molar-refractivity contribution in [3.8, 4) is 5.75 Å². The number of rotatable bonds is 2. The fourth-order valence-corrected chi connectivity index (χ4v) is 2.21. The van der Waals surface area contributed by atoms with Crippen LogP contribution in [0.1, 0.15) is 19.4 Å². The lowest BCUT2D eigenvalue weighted by molar-refractivity contribution is -0.0945. The lowest BCUT2D eigenvalue weighted by Crippen LogP contribution is -2.21. The lowest BCUT2D eigenvalue weighted by atomic mass is 10.1. The molecule has 1 atom stereocenters. The molecule has 3 rings (SSSR count). The van der Waals surface area contributed by atoms with Crippen molar-refractivity contribution in [1.29, 1.82) is 0 Å². The minimum Gasteiger partial charge on any atom is -0.464 e. The maximum atomic E-state index is 11.3. The third kappa shape index (κ3) is 1.88. The van der Waals surface area contributed by atoms with Gasteiger partial charge in [0.2, 0.25) is 6.29 Å². The van der Waals surface area contributed by atoms with Crippen LogP contribution < -0.4 is 10.4 Å². The number of hydrogen-bond acceptors (Lipinski definition) is 4. The summed E-state index contributed by atoms with van der Waals surface area (Å²) in [6, 6.07) is 6.96. The minimum absolute atomic E-state index is 0.0996. The monoisotopic (exact) mass is 246 g/mol. The summed E-state index contributed by atoms with van der Waals surface area (Å²) >= 11 is 0. The first-order chi connectivity index (χ1) is 8.63. The summed E-state index contributed by atoms with van der Waals surface area (Å²) in [4.78, 5) is 11.3. The fourth-order valence-electron chi connectivity index (χ4n) is 2.21. The van der Waals surface area contributed by atoms with Gasteiger partial charge >= 0.3 is 5.63 Å². The minimum atomic E-state index is -0.343. The normalized spacial score (nSPS) is 18.1. The van der Waals surface area contributed by atoms with Crippen molar-refractivity contribution in [2.45, 2.75) is 32.7 Å². The Kier molecular flexibility index (Phi) is 2.59. The Morgan fingerprint density at radius 3 is 2.83 bits per heavy atom. The third-order valence-corrected chi connectivity index (χ3v) is 2.90. The summed E-state index contributed by atoms with van der Waals surface area (Å²) in [5, 5.41) is 0.905. The first kappa shape index (κ1) is 11.3. The van der Waals surface area contributed by atoms with Crippen LogP contribution in [-0.2, 0) is 11.2 Å². The molecule has 18 heavy (non-hydrogen) atoms. The molecule has 2 heterocycles. The zero-order valence-electron chi connectivity index (χ0n) is 10.3. The van der Waals surface area contributed by atoms with Gasteiger partial charge in [-0.1, -0.05) is 0 Å². The fraction of sp³-hybridized carbons (Fsp3) is 0.357. The number of benzene rings is 1. The molecule has 94 valence electrons. The summed E-state index contributed by atoms with van der Waals surface area (Å²) in [5.41, 5.74) is 1.18. The maximum absolute atomic E-state index is 11.3. The average molecular weight is 246 g/mol. The Morgan fingerprint density at radius 1 is 1.28 bits per heavy atom. The first-order valence-corrected chi connectivity index (χ1v) is 6.01. The van der Waals surface area contributed by atoms with Gasteiger partial charge in [-0.05, 0) is 32.0 Å². The molecule has 0 aliphatic carbocycles. The topological polar surface area (TPSA) is 48.7 Å². The predicted octanol–water partition coefficient (Wildman–Crippen LogP) is 2.48. The highest BCUT2D eigenvalue weighted by atomic mass is 16.7. The average Bonchev–Trinajstić information content (AvgIpc) is 2.70. The molecule has 2 aromatic rings. The molecule has 0 bridgehead atoms. The quantitative estimate of drug-likeness (QED) is 0.764. The second kappa shape index (κ2) is 4.14. The van der Waals surface area contributed by atoms with Crippen LogP contribution in [0.3, 0.4) is 0 Å². The van der Waals surface area contributed by atoms with E-state index < -0.39 is 0 Å². The van der Waals surface area contributed by atoms with E-state index in [1.807, 2.05) is 26.0 Å². The predicted molar refractivity (Wildman–Crippen MR) is 66.8 cm³/mol. The van der Waals surface area contributed by atoms with Crippen LogP contribution in [0, 0.1) is 0 Å². The van der Waals surface area contributed by atoms with Crippen LogP contribution in [-0.4, -0.2) is 12.4 Å². The molecule has 4 heteroatoms. The van der Waals surface area contributed by atoms with Crippen molar-refractivity contribution in [2.24, 2.45) is 0 Å². The van der Waals surface area contributed by atoms with E-state index in [9.17, 15) is 4.79 Å². The second-order valence-corrected chi connectivity index (χ2v) is 4.65. The van der Waals surface area contributed by atoms with Crippen LogP contribution in [0.15, 0.2) is 33.5 Å². The van der Waals surface area contributed by atoms with Crippen molar-refractivity contribution in [1.82, 2.24) is 0 Å². The molecule has 0 saturated heterocycles. The van der Waals surface area contributed by atoms with Crippen molar-refractivity contribution in [3.05, 3.63) is 40.2 Å². The molecule has 0 amide bonds. The molecule has 4 nitrogen and oxygen atoms in total. The van der Waals surface area contributed by atoms with Crippen LogP contribution in [0.5, 0.6) is 5.75 Å². The molecule has 1 aromatic heterocycles.